The van der Waals surface area contributed by atoms with Crippen LogP contribution in [0.15, 0.2) is 0 Å². The van der Waals surface area contributed by atoms with Gasteiger partial charge in [0, 0.05) is 14.0 Å². The van der Waals surface area contributed by atoms with Crippen LogP contribution < -0.4 is 0 Å². The van der Waals surface area contributed by atoms with Crippen LogP contribution in [0.1, 0.15) is 13.8 Å². The fourth-order valence-corrected chi connectivity index (χ4v) is 0.552. The van der Waals surface area contributed by atoms with Gasteiger partial charge < -0.3 is 29.9 Å². The van der Waals surface area contributed by atoms with Crippen molar-refractivity contribution in [2.24, 2.45) is 0 Å². The van der Waals surface area contributed by atoms with Gasteiger partial charge in [-0.15, -0.1) is 0 Å². The Morgan fingerprint density at radius 1 is 1.06 bits per heavy atom. The zero-order valence-electron chi connectivity index (χ0n) is 10.6. The van der Waals surface area contributed by atoms with Gasteiger partial charge in [0.2, 0.25) is 0 Å². The summed E-state index contributed by atoms with van der Waals surface area (Å²) >= 11 is 0. The van der Waals surface area contributed by atoms with E-state index in [0.29, 0.717) is 6.61 Å². The van der Waals surface area contributed by atoms with E-state index in [1.54, 1.807) is 14.0 Å². The van der Waals surface area contributed by atoms with E-state index in [4.69, 9.17) is 29.9 Å². The molecule has 1 unspecified atom stereocenters. The molecule has 0 aliphatic heterocycles. The largest absolute Gasteiger partial charge is 0.460 e. The van der Waals surface area contributed by atoms with Crippen molar-refractivity contribution in [1.29, 1.82) is 0 Å². The van der Waals surface area contributed by atoms with Gasteiger partial charge in [0.05, 0.1) is 33.0 Å². The molecular weight excluding hydrogens is 232 g/mol. The number of carbonyl (C=O) groups is 1. The summed E-state index contributed by atoms with van der Waals surface area (Å²) in [6, 6.07) is 0. The standard InChI is InChI=1S/C6H12O3.2C2H6O2/c1-5(4-8-3)9-6(2)7;2*3-1-2-4/h5H,4H2,1-3H3;2*3-4H,1-2H2. The number of esters is 1. The Kier molecular flexibility index (Phi) is 26.2. The Hall–Kier alpha value is -0.730. The van der Waals surface area contributed by atoms with E-state index in [2.05, 4.69) is 0 Å². The maximum atomic E-state index is 10.3. The molecule has 1 atom stereocenters. The van der Waals surface area contributed by atoms with Crippen LogP contribution in [0, 0.1) is 0 Å². The summed E-state index contributed by atoms with van der Waals surface area (Å²) in [5.41, 5.74) is 0. The first-order valence-electron chi connectivity index (χ1n) is 5.09. The topological polar surface area (TPSA) is 116 Å². The van der Waals surface area contributed by atoms with Crippen molar-refractivity contribution in [2.45, 2.75) is 20.0 Å². The third kappa shape index (κ3) is 39.3. The highest BCUT2D eigenvalue weighted by Crippen LogP contribution is 1.90. The highest BCUT2D eigenvalue weighted by Gasteiger charge is 2.02. The second-order valence-corrected chi connectivity index (χ2v) is 2.77. The summed E-state index contributed by atoms with van der Waals surface area (Å²) in [5, 5.41) is 30.5. The molecular formula is C10H24O7. The van der Waals surface area contributed by atoms with Crippen molar-refractivity contribution in [3.05, 3.63) is 0 Å². The molecule has 0 bridgehead atoms. The minimum Gasteiger partial charge on any atom is -0.460 e. The number of aliphatic hydroxyl groups is 4. The average Bonchev–Trinajstić information content (AvgIpc) is 2.29. The molecule has 4 N–H and O–H groups in total. The molecule has 7 heteroatoms. The molecule has 0 aliphatic rings. The number of hydrogen-bond donors (Lipinski definition) is 4. The minimum atomic E-state index is -0.264. The Balaban J connectivity index is -0.000000205. The smallest absolute Gasteiger partial charge is 0.302 e. The Morgan fingerprint density at radius 2 is 1.41 bits per heavy atom. The number of carbonyl (C=O) groups excluding carboxylic acids is 1. The van der Waals surface area contributed by atoms with Crippen molar-refractivity contribution in [3.8, 4) is 0 Å². The third-order valence-electron chi connectivity index (χ3n) is 0.969. The molecule has 0 saturated carbocycles. The summed E-state index contributed by atoms with van der Waals surface area (Å²) in [6.07, 6.45) is -0.132. The molecule has 17 heavy (non-hydrogen) atoms. The Morgan fingerprint density at radius 3 is 1.59 bits per heavy atom. The van der Waals surface area contributed by atoms with E-state index < -0.39 is 0 Å². The number of aliphatic hydroxyl groups excluding tert-OH is 4. The van der Waals surface area contributed by atoms with E-state index in [1.165, 1.54) is 6.92 Å². The van der Waals surface area contributed by atoms with Crippen LogP contribution in [0.25, 0.3) is 0 Å². The lowest BCUT2D eigenvalue weighted by atomic mass is 10.4. The van der Waals surface area contributed by atoms with Crippen LogP contribution in [0.3, 0.4) is 0 Å². The zero-order valence-corrected chi connectivity index (χ0v) is 10.6. The fraction of sp³-hybridized carbons (Fsp3) is 0.900. The molecule has 0 heterocycles. The SMILES string of the molecule is COCC(C)OC(C)=O.OCCO.OCCO. The first kappa shape index (κ1) is 21.5. The van der Waals surface area contributed by atoms with E-state index in [9.17, 15) is 4.79 Å². The molecule has 0 aromatic rings. The lowest BCUT2D eigenvalue weighted by Crippen LogP contribution is -2.17. The van der Waals surface area contributed by atoms with Crippen molar-refractivity contribution in [1.82, 2.24) is 0 Å². The lowest BCUT2D eigenvalue weighted by molar-refractivity contribution is -0.147. The van der Waals surface area contributed by atoms with Gasteiger partial charge in [0.15, 0.2) is 0 Å². The number of hydrogen-bond acceptors (Lipinski definition) is 7. The maximum absolute atomic E-state index is 10.3. The van der Waals surface area contributed by atoms with Crippen molar-refractivity contribution < 1.29 is 34.7 Å². The van der Waals surface area contributed by atoms with Crippen LogP contribution in [-0.2, 0) is 14.3 Å². The number of rotatable bonds is 5. The maximum Gasteiger partial charge on any atom is 0.302 e. The number of methoxy groups -OCH3 is 1. The highest BCUT2D eigenvalue weighted by molar-refractivity contribution is 5.66. The number of ether oxygens (including phenoxy) is 2. The van der Waals surface area contributed by atoms with E-state index in [-0.39, 0.29) is 38.5 Å². The van der Waals surface area contributed by atoms with E-state index >= 15 is 0 Å². The van der Waals surface area contributed by atoms with E-state index in [0.717, 1.165) is 0 Å². The van der Waals surface area contributed by atoms with Gasteiger partial charge in [-0.2, -0.15) is 0 Å². The van der Waals surface area contributed by atoms with E-state index in [1.807, 2.05) is 0 Å². The molecule has 0 rings (SSSR count). The summed E-state index contributed by atoms with van der Waals surface area (Å²) in [6.45, 7) is 3.12. The quantitative estimate of drug-likeness (QED) is 0.443. The first-order chi connectivity index (χ1) is 7.99. The summed E-state index contributed by atoms with van der Waals surface area (Å²) < 4.78 is 9.45. The third-order valence-corrected chi connectivity index (χ3v) is 0.969. The van der Waals surface area contributed by atoms with Gasteiger partial charge in [-0.25, -0.2) is 0 Å². The first-order valence-corrected chi connectivity index (χ1v) is 5.09. The normalized spacial score (nSPS) is 10.3. The van der Waals surface area contributed by atoms with Gasteiger partial charge in [0.1, 0.15) is 6.10 Å². The Bertz CT molecular complexity index is 133. The van der Waals surface area contributed by atoms with Crippen LogP contribution in [0.5, 0.6) is 0 Å². The lowest BCUT2D eigenvalue weighted by Gasteiger charge is -2.08. The molecule has 7 nitrogen and oxygen atoms in total. The van der Waals surface area contributed by atoms with Gasteiger partial charge in [-0.05, 0) is 6.92 Å². The Labute approximate surface area is 102 Å². The summed E-state index contributed by atoms with van der Waals surface area (Å²) in [7, 11) is 1.57. The molecule has 0 fully saturated rings. The molecule has 0 spiro atoms. The molecule has 0 aliphatic carbocycles. The molecule has 0 radical (unpaired) electrons. The van der Waals surface area contributed by atoms with Gasteiger partial charge >= 0.3 is 5.97 Å². The zero-order chi connectivity index (χ0) is 14.1. The van der Waals surface area contributed by atoms with Crippen LogP contribution in [0.2, 0.25) is 0 Å². The monoisotopic (exact) mass is 256 g/mol. The fourth-order valence-electron chi connectivity index (χ4n) is 0.552. The molecule has 0 aromatic carbocycles. The van der Waals surface area contributed by atoms with Gasteiger partial charge in [-0.3, -0.25) is 4.79 Å². The summed E-state index contributed by atoms with van der Waals surface area (Å²) in [4.78, 5) is 10.3. The minimum absolute atomic E-state index is 0.125. The summed E-state index contributed by atoms with van der Waals surface area (Å²) in [5.74, 6) is -0.264. The van der Waals surface area contributed by atoms with Crippen LogP contribution in [0.4, 0.5) is 0 Å². The van der Waals surface area contributed by atoms with Crippen molar-refractivity contribution in [3.63, 3.8) is 0 Å². The molecule has 0 saturated heterocycles. The van der Waals surface area contributed by atoms with Crippen LogP contribution >= 0.6 is 0 Å². The van der Waals surface area contributed by atoms with Crippen molar-refractivity contribution >= 4 is 5.97 Å². The molecule has 0 amide bonds. The highest BCUT2D eigenvalue weighted by atomic mass is 16.6. The van der Waals surface area contributed by atoms with Crippen LogP contribution in [-0.4, -0.2) is 72.6 Å². The molecule has 106 valence electrons. The second kappa shape index (κ2) is 20.7. The van der Waals surface area contributed by atoms with Gasteiger partial charge in [-0.1, -0.05) is 0 Å². The van der Waals surface area contributed by atoms with Gasteiger partial charge in [0.25, 0.3) is 0 Å². The predicted molar refractivity (Wildman–Crippen MR) is 61.4 cm³/mol. The molecule has 0 aromatic heterocycles. The van der Waals surface area contributed by atoms with Crippen molar-refractivity contribution in [2.75, 3.05) is 40.1 Å². The average molecular weight is 256 g/mol. The second-order valence-electron chi connectivity index (χ2n) is 2.77. The predicted octanol–water partition coefficient (Wildman–Crippen LogP) is -1.47.